The van der Waals surface area contributed by atoms with Crippen molar-refractivity contribution in [2.75, 3.05) is 5.32 Å². The summed E-state index contributed by atoms with van der Waals surface area (Å²) in [5.41, 5.74) is 0.189. The van der Waals surface area contributed by atoms with Crippen LogP contribution in [-0.2, 0) is 0 Å². The largest absolute Gasteiger partial charge is 0.376 e. The van der Waals surface area contributed by atoms with Crippen LogP contribution in [0.2, 0.25) is 0 Å². The lowest BCUT2D eigenvalue weighted by molar-refractivity contribution is -0.384. The van der Waals surface area contributed by atoms with Gasteiger partial charge in [-0.25, -0.2) is 4.39 Å². The Bertz CT molecular complexity index is 537. The molecule has 21 heavy (non-hydrogen) atoms. The predicted octanol–water partition coefficient (Wildman–Crippen LogP) is 5.12. The van der Waals surface area contributed by atoms with Gasteiger partial charge in [0.2, 0.25) is 0 Å². The smallest absolute Gasteiger partial charge is 0.295 e. The number of halogens is 2. The molecular formula is C15H20BrFN2O2. The van der Waals surface area contributed by atoms with Gasteiger partial charge in [0.1, 0.15) is 11.5 Å². The number of nitro groups is 1. The quantitative estimate of drug-likeness (QED) is 0.599. The Hall–Kier alpha value is -1.17. The lowest BCUT2D eigenvalue weighted by Crippen LogP contribution is -2.35. The van der Waals surface area contributed by atoms with Gasteiger partial charge in [0.05, 0.1) is 15.5 Å². The summed E-state index contributed by atoms with van der Waals surface area (Å²) in [5.74, 6) is 0.393. The molecule has 1 N–H and O–H groups in total. The lowest BCUT2D eigenvalue weighted by Gasteiger charge is -2.35. The zero-order chi connectivity index (χ0) is 15.6. The van der Waals surface area contributed by atoms with Crippen molar-refractivity contribution >= 4 is 27.3 Å². The van der Waals surface area contributed by atoms with Gasteiger partial charge in [-0.3, -0.25) is 10.1 Å². The van der Waals surface area contributed by atoms with E-state index in [-0.39, 0.29) is 16.2 Å². The summed E-state index contributed by atoms with van der Waals surface area (Å²) in [4.78, 5) is 10.6. The van der Waals surface area contributed by atoms with Gasteiger partial charge < -0.3 is 5.32 Å². The van der Waals surface area contributed by atoms with Crippen molar-refractivity contribution in [3.05, 3.63) is 32.5 Å². The SMILES string of the molecule is CC(C)C1CCCCC1Nc1cc(Br)c(F)cc1[N+](=O)[O-]. The second kappa shape index (κ2) is 6.73. The van der Waals surface area contributed by atoms with Crippen LogP contribution in [0.25, 0.3) is 0 Å². The molecule has 0 aromatic heterocycles. The van der Waals surface area contributed by atoms with Gasteiger partial charge in [-0.15, -0.1) is 0 Å². The van der Waals surface area contributed by atoms with Gasteiger partial charge in [-0.05, 0) is 46.7 Å². The van der Waals surface area contributed by atoms with Crippen LogP contribution < -0.4 is 5.32 Å². The second-order valence-corrected chi connectivity index (χ2v) is 6.84. The Labute approximate surface area is 132 Å². The first-order valence-electron chi connectivity index (χ1n) is 7.30. The molecule has 2 unspecified atom stereocenters. The van der Waals surface area contributed by atoms with Crippen molar-refractivity contribution in [2.24, 2.45) is 11.8 Å². The molecule has 1 saturated carbocycles. The van der Waals surface area contributed by atoms with Crippen LogP contribution in [0.3, 0.4) is 0 Å². The number of nitrogens with one attached hydrogen (secondary N) is 1. The average Bonchev–Trinajstić information content (AvgIpc) is 2.42. The normalized spacial score (nSPS) is 22.3. The molecule has 6 heteroatoms. The van der Waals surface area contributed by atoms with E-state index in [0.717, 1.165) is 25.3 Å². The van der Waals surface area contributed by atoms with Crippen molar-refractivity contribution in [1.82, 2.24) is 0 Å². The van der Waals surface area contributed by atoms with Crippen LogP contribution in [0, 0.1) is 27.8 Å². The zero-order valence-corrected chi connectivity index (χ0v) is 13.8. The Morgan fingerprint density at radius 1 is 1.38 bits per heavy atom. The molecule has 1 aromatic carbocycles. The standard InChI is InChI=1S/C15H20BrFN2O2/c1-9(2)10-5-3-4-6-13(10)18-14-7-11(16)12(17)8-15(14)19(20)21/h7-10,13,18H,3-6H2,1-2H3. The maximum Gasteiger partial charge on any atom is 0.295 e. The highest BCUT2D eigenvalue weighted by Gasteiger charge is 2.29. The number of nitro benzene ring substituents is 1. The number of benzene rings is 1. The number of hydrogen-bond acceptors (Lipinski definition) is 3. The molecule has 1 aliphatic carbocycles. The molecule has 0 spiro atoms. The number of hydrogen-bond donors (Lipinski definition) is 1. The summed E-state index contributed by atoms with van der Waals surface area (Å²) in [7, 11) is 0. The highest BCUT2D eigenvalue weighted by Crippen LogP contribution is 2.36. The predicted molar refractivity (Wildman–Crippen MR) is 85.0 cm³/mol. The summed E-state index contributed by atoms with van der Waals surface area (Å²) >= 11 is 3.10. The van der Waals surface area contributed by atoms with Crippen molar-refractivity contribution in [2.45, 2.75) is 45.6 Å². The molecule has 0 bridgehead atoms. The first-order chi connectivity index (χ1) is 9.90. The highest BCUT2D eigenvalue weighted by atomic mass is 79.9. The van der Waals surface area contributed by atoms with Gasteiger partial charge in [0.15, 0.2) is 0 Å². The fourth-order valence-electron chi connectivity index (χ4n) is 3.14. The molecule has 0 heterocycles. The van der Waals surface area contributed by atoms with Gasteiger partial charge in [0, 0.05) is 6.04 Å². The van der Waals surface area contributed by atoms with Crippen LogP contribution in [0.4, 0.5) is 15.8 Å². The van der Waals surface area contributed by atoms with Crippen LogP contribution >= 0.6 is 15.9 Å². The maximum absolute atomic E-state index is 13.5. The minimum atomic E-state index is -0.615. The van der Waals surface area contributed by atoms with Crippen LogP contribution in [0.15, 0.2) is 16.6 Å². The monoisotopic (exact) mass is 358 g/mol. The number of rotatable bonds is 4. The molecule has 0 amide bonds. The molecule has 2 atom stereocenters. The van der Waals surface area contributed by atoms with E-state index in [2.05, 4.69) is 35.1 Å². The van der Waals surface area contributed by atoms with Gasteiger partial charge in [-0.2, -0.15) is 0 Å². The summed E-state index contributed by atoms with van der Waals surface area (Å²) in [6.45, 7) is 4.36. The van der Waals surface area contributed by atoms with Crippen LogP contribution in [0.1, 0.15) is 39.5 Å². The Morgan fingerprint density at radius 3 is 2.67 bits per heavy atom. The van der Waals surface area contributed by atoms with E-state index in [0.29, 0.717) is 17.5 Å². The number of anilines is 1. The molecule has 0 saturated heterocycles. The third-order valence-electron chi connectivity index (χ3n) is 4.25. The molecule has 2 rings (SSSR count). The van der Waals surface area contributed by atoms with Crippen LogP contribution in [0.5, 0.6) is 0 Å². The molecule has 1 aliphatic rings. The third kappa shape index (κ3) is 3.73. The maximum atomic E-state index is 13.5. The fourth-order valence-corrected chi connectivity index (χ4v) is 3.48. The van der Waals surface area contributed by atoms with E-state index in [1.165, 1.54) is 12.5 Å². The topological polar surface area (TPSA) is 55.2 Å². The van der Waals surface area contributed by atoms with E-state index in [9.17, 15) is 14.5 Å². The molecule has 4 nitrogen and oxygen atoms in total. The second-order valence-electron chi connectivity index (χ2n) is 5.98. The van der Waals surface area contributed by atoms with E-state index >= 15 is 0 Å². The summed E-state index contributed by atoms with van der Waals surface area (Å²) in [6, 6.07) is 2.65. The zero-order valence-electron chi connectivity index (χ0n) is 12.2. The molecule has 0 radical (unpaired) electrons. The molecule has 116 valence electrons. The van der Waals surface area contributed by atoms with Gasteiger partial charge >= 0.3 is 0 Å². The Morgan fingerprint density at radius 2 is 2.05 bits per heavy atom. The summed E-state index contributed by atoms with van der Waals surface area (Å²) in [6.07, 6.45) is 4.45. The summed E-state index contributed by atoms with van der Waals surface area (Å²) in [5, 5.41) is 14.4. The summed E-state index contributed by atoms with van der Waals surface area (Å²) < 4.78 is 13.8. The highest BCUT2D eigenvalue weighted by molar-refractivity contribution is 9.10. The average molecular weight is 359 g/mol. The molecule has 1 fully saturated rings. The number of nitrogens with zero attached hydrogens (tertiary/aromatic N) is 1. The van der Waals surface area contributed by atoms with Crippen molar-refractivity contribution in [1.29, 1.82) is 0 Å². The van der Waals surface area contributed by atoms with Crippen molar-refractivity contribution in [3.8, 4) is 0 Å². The minimum absolute atomic E-state index is 0.204. The lowest BCUT2D eigenvalue weighted by atomic mass is 9.77. The first-order valence-corrected chi connectivity index (χ1v) is 8.09. The minimum Gasteiger partial charge on any atom is -0.376 e. The van der Waals surface area contributed by atoms with Gasteiger partial charge in [-0.1, -0.05) is 26.7 Å². The van der Waals surface area contributed by atoms with Crippen LogP contribution in [-0.4, -0.2) is 11.0 Å². The fraction of sp³-hybridized carbons (Fsp3) is 0.600. The molecular weight excluding hydrogens is 339 g/mol. The van der Waals surface area contributed by atoms with Crippen molar-refractivity contribution in [3.63, 3.8) is 0 Å². The molecule has 1 aromatic rings. The van der Waals surface area contributed by atoms with Crippen molar-refractivity contribution < 1.29 is 9.31 Å². The van der Waals surface area contributed by atoms with E-state index in [1.54, 1.807) is 0 Å². The Kier molecular flexibility index (Phi) is 5.19. The van der Waals surface area contributed by atoms with E-state index in [1.807, 2.05) is 0 Å². The third-order valence-corrected chi connectivity index (χ3v) is 4.86. The van der Waals surface area contributed by atoms with E-state index < -0.39 is 10.7 Å². The molecule has 0 aliphatic heterocycles. The van der Waals surface area contributed by atoms with E-state index in [4.69, 9.17) is 0 Å². The Balaban J connectivity index is 2.29. The first kappa shape index (κ1) is 16.2. The van der Waals surface area contributed by atoms with Gasteiger partial charge in [0.25, 0.3) is 5.69 Å².